The summed E-state index contributed by atoms with van der Waals surface area (Å²) < 4.78 is 41.1. The quantitative estimate of drug-likeness (QED) is 0.825. The average Bonchev–Trinajstić information content (AvgIpc) is 3.22. The molecule has 1 aliphatic heterocycles. The van der Waals surface area contributed by atoms with Gasteiger partial charge < -0.3 is 9.88 Å². The average molecular weight is 396 g/mol. The number of alkyl halides is 3. The number of amides is 1. The summed E-state index contributed by atoms with van der Waals surface area (Å²) in [6.45, 7) is 4.05. The van der Waals surface area contributed by atoms with Gasteiger partial charge in [-0.15, -0.1) is 0 Å². The number of piperidine rings is 1. The number of halogens is 3. The van der Waals surface area contributed by atoms with Gasteiger partial charge in [-0.3, -0.25) is 9.69 Å². The first-order chi connectivity index (χ1) is 13.2. The Kier molecular flexibility index (Phi) is 6.04. The van der Waals surface area contributed by atoms with Gasteiger partial charge in [0.05, 0.1) is 18.0 Å². The van der Waals surface area contributed by atoms with Crippen molar-refractivity contribution in [3.8, 4) is 6.07 Å². The normalized spacial score (nSPS) is 21.6. The molecule has 2 fully saturated rings. The van der Waals surface area contributed by atoms with Crippen LogP contribution in [0.15, 0.2) is 0 Å². The first-order valence-corrected chi connectivity index (χ1v) is 9.92. The maximum Gasteiger partial charge on any atom is 0.393 e. The number of carbonyl (C=O) groups excluding carboxylic acids is 1. The molecule has 0 bridgehead atoms. The molecule has 1 aromatic rings. The number of likely N-dealkylation sites (tertiary alicyclic amines) is 1. The number of carbonyl (C=O) groups is 1. The number of hydrogen-bond donors (Lipinski definition) is 1. The van der Waals surface area contributed by atoms with Crippen LogP contribution in [0.25, 0.3) is 0 Å². The fourth-order valence-corrected chi connectivity index (χ4v) is 4.55. The lowest BCUT2D eigenvalue weighted by Crippen LogP contribution is -2.44. The summed E-state index contributed by atoms with van der Waals surface area (Å²) in [4.78, 5) is 14.2. The Labute approximate surface area is 163 Å². The summed E-state index contributed by atoms with van der Waals surface area (Å²) in [5.74, 6) is -1.24. The number of rotatable bonds is 4. The monoisotopic (exact) mass is 396 g/mol. The number of anilines is 1. The zero-order valence-electron chi connectivity index (χ0n) is 16.4. The minimum atomic E-state index is -4.23. The molecule has 1 aliphatic carbocycles. The fraction of sp³-hybridized carbons (Fsp3) is 0.700. The van der Waals surface area contributed by atoms with Crippen molar-refractivity contribution in [2.75, 3.05) is 25.0 Å². The standard InChI is InChI=1S/C20H27F3N4O/c1-13-14(2)27(16-7-3-4-8-16)19(17(13)10-24)25-18(28)12-26-9-5-6-15(11-26)20(21,22)23/h15-16H,3-9,11-12H2,1-2H3,(H,25,28). The van der Waals surface area contributed by atoms with Crippen LogP contribution in [0.2, 0.25) is 0 Å². The molecule has 1 saturated carbocycles. The van der Waals surface area contributed by atoms with Crippen molar-refractivity contribution in [2.24, 2.45) is 5.92 Å². The smallest absolute Gasteiger partial charge is 0.327 e. The van der Waals surface area contributed by atoms with Gasteiger partial charge in [0.2, 0.25) is 5.91 Å². The molecule has 2 heterocycles. The number of hydrogen-bond acceptors (Lipinski definition) is 3. The molecule has 1 aromatic heterocycles. The van der Waals surface area contributed by atoms with Crippen LogP contribution in [-0.4, -0.2) is 41.2 Å². The highest BCUT2D eigenvalue weighted by Crippen LogP contribution is 2.38. The SMILES string of the molecule is Cc1c(C#N)c(NC(=O)CN2CCCC(C(F)(F)F)C2)n(C2CCCC2)c1C. The summed E-state index contributed by atoms with van der Waals surface area (Å²) in [6.07, 6.45) is 0.547. The fourth-order valence-electron chi connectivity index (χ4n) is 4.55. The van der Waals surface area contributed by atoms with E-state index in [0.29, 0.717) is 24.3 Å². The van der Waals surface area contributed by atoms with E-state index in [1.54, 1.807) is 4.90 Å². The molecule has 28 heavy (non-hydrogen) atoms. The van der Waals surface area contributed by atoms with Crippen molar-refractivity contribution in [1.29, 1.82) is 5.26 Å². The van der Waals surface area contributed by atoms with Crippen LogP contribution >= 0.6 is 0 Å². The van der Waals surface area contributed by atoms with E-state index in [4.69, 9.17) is 0 Å². The Morgan fingerprint density at radius 1 is 1.21 bits per heavy atom. The second-order valence-corrected chi connectivity index (χ2v) is 8.02. The lowest BCUT2D eigenvalue weighted by molar-refractivity contribution is -0.186. The van der Waals surface area contributed by atoms with E-state index in [1.165, 1.54) is 0 Å². The molecule has 1 saturated heterocycles. The van der Waals surface area contributed by atoms with Crippen LogP contribution in [0.4, 0.5) is 19.0 Å². The molecule has 1 atom stereocenters. The third-order valence-corrected chi connectivity index (χ3v) is 6.15. The molecule has 8 heteroatoms. The zero-order valence-corrected chi connectivity index (χ0v) is 16.4. The van der Waals surface area contributed by atoms with Gasteiger partial charge in [-0.1, -0.05) is 12.8 Å². The van der Waals surface area contributed by atoms with Crippen molar-refractivity contribution >= 4 is 11.7 Å². The second kappa shape index (κ2) is 8.16. The molecular weight excluding hydrogens is 369 g/mol. The van der Waals surface area contributed by atoms with Gasteiger partial charge in [-0.05, 0) is 51.6 Å². The lowest BCUT2D eigenvalue weighted by Gasteiger charge is -2.33. The maximum absolute atomic E-state index is 13.0. The highest BCUT2D eigenvalue weighted by Gasteiger charge is 2.42. The van der Waals surface area contributed by atoms with E-state index in [9.17, 15) is 23.2 Å². The largest absolute Gasteiger partial charge is 0.393 e. The van der Waals surface area contributed by atoms with Crippen molar-refractivity contribution in [2.45, 2.75) is 64.6 Å². The molecular formula is C20H27F3N4O. The molecule has 1 unspecified atom stereocenters. The van der Waals surface area contributed by atoms with Crippen molar-refractivity contribution in [3.05, 3.63) is 16.8 Å². The van der Waals surface area contributed by atoms with E-state index in [1.807, 2.05) is 18.4 Å². The predicted molar refractivity (Wildman–Crippen MR) is 100.0 cm³/mol. The van der Waals surface area contributed by atoms with Gasteiger partial charge in [-0.25, -0.2) is 0 Å². The van der Waals surface area contributed by atoms with Crippen LogP contribution in [0, 0.1) is 31.1 Å². The lowest BCUT2D eigenvalue weighted by atomic mass is 9.97. The molecule has 0 aromatic carbocycles. The third-order valence-electron chi connectivity index (χ3n) is 6.15. The number of aromatic nitrogens is 1. The molecule has 0 spiro atoms. The Morgan fingerprint density at radius 3 is 2.50 bits per heavy atom. The first-order valence-electron chi connectivity index (χ1n) is 9.92. The minimum absolute atomic E-state index is 0.0919. The van der Waals surface area contributed by atoms with Crippen LogP contribution in [0.3, 0.4) is 0 Å². The highest BCUT2D eigenvalue weighted by atomic mass is 19.4. The predicted octanol–water partition coefficient (Wildman–Crippen LogP) is 4.30. The van der Waals surface area contributed by atoms with Gasteiger partial charge in [0.15, 0.2) is 0 Å². The molecule has 154 valence electrons. The topological polar surface area (TPSA) is 61.1 Å². The number of nitrogens with one attached hydrogen (secondary N) is 1. The summed E-state index contributed by atoms with van der Waals surface area (Å²) in [5, 5.41) is 12.4. The van der Waals surface area contributed by atoms with Crippen LogP contribution in [-0.2, 0) is 4.79 Å². The Hall–Kier alpha value is -2.01. The molecule has 5 nitrogen and oxygen atoms in total. The van der Waals surface area contributed by atoms with Gasteiger partial charge >= 0.3 is 6.18 Å². The second-order valence-electron chi connectivity index (χ2n) is 8.02. The van der Waals surface area contributed by atoms with Gasteiger partial charge in [-0.2, -0.15) is 18.4 Å². The van der Waals surface area contributed by atoms with E-state index >= 15 is 0 Å². The van der Waals surface area contributed by atoms with Gasteiger partial charge in [0.25, 0.3) is 0 Å². The number of nitriles is 1. The van der Waals surface area contributed by atoms with E-state index in [0.717, 1.165) is 36.9 Å². The first kappa shape index (κ1) is 20.7. The molecule has 1 amide bonds. The Bertz CT molecular complexity index is 772. The van der Waals surface area contributed by atoms with E-state index in [-0.39, 0.29) is 31.5 Å². The maximum atomic E-state index is 13.0. The molecule has 1 N–H and O–H groups in total. The van der Waals surface area contributed by atoms with Crippen molar-refractivity contribution in [3.63, 3.8) is 0 Å². The van der Waals surface area contributed by atoms with Crippen LogP contribution in [0.5, 0.6) is 0 Å². The Balaban J connectivity index is 1.75. The van der Waals surface area contributed by atoms with Gasteiger partial charge in [0, 0.05) is 18.3 Å². The summed E-state index contributed by atoms with van der Waals surface area (Å²) in [6, 6.07) is 2.44. The van der Waals surface area contributed by atoms with Gasteiger partial charge in [0.1, 0.15) is 11.9 Å². The molecule has 0 radical (unpaired) electrons. The highest BCUT2D eigenvalue weighted by molar-refractivity contribution is 5.93. The van der Waals surface area contributed by atoms with Crippen molar-refractivity contribution < 1.29 is 18.0 Å². The summed E-state index contributed by atoms with van der Waals surface area (Å²) in [7, 11) is 0. The summed E-state index contributed by atoms with van der Waals surface area (Å²) in [5.41, 5.74) is 2.26. The van der Waals surface area contributed by atoms with Crippen LogP contribution < -0.4 is 5.32 Å². The molecule has 3 rings (SSSR count). The zero-order chi connectivity index (χ0) is 20.5. The third kappa shape index (κ3) is 4.19. The minimum Gasteiger partial charge on any atom is -0.327 e. The van der Waals surface area contributed by atoms with Crippen molar-refractivity contribution in [1.82, 2.24) is 9.47 Å². The molecule has 2 aliphatic rings. The summed E-state index contributed by atoms with van der Waals surface area (Å²) >= 11 is 0. The number of nitrogens with zero attached hydrogens (tertiary/aromatic N) is 3. The Morgan fingerprint density at radius 2 is 1.89 bits per heavy atom. The van der Waals surface area contributed by atoms with E-state index in [2.05, 4.69) is 11.4 Å². The van der Waals surface area contributed by atoms with Crippen LogP contribution in [0.1, 0.15) is 61.4 Å². The van der Waals surface area contributed by atoms with E-state index < -0.39 is 12.1 Å².